The average Bonchev–Trinajstić information content (AvgIpc) is 3.36. The molecule has 3 aromatic rings. The molecule has 0 bridgehead atoms. The Morgan fingerprint density at radius 1 is 1.14 bits per heavy atom. The topological polar surface area (TPSA) is 106 Å². The predicted octanol–water partition coefficient (Wildman–Crippen LogP) is 5.62. The Labute approximate surface area is 221 Å². The van der Waals surface area contributed by atoms with E-state index in [1.165, 1.54) is 24.5 Å². The van der Waals surface area contributed by atoms with Gasteiger partial charge in [0.2, 0.25) is 5.13 Å². The first-order valence-corrected chi connectivity index (χ1v) is 12.8. The van der Waals surface area contributed by atoms with Gasteiger partial charge in [0.25, 0.3) is 5.91 Å². The third-order valence-electron chi connectivity index (χ3n) is 5.23. The summed E-state index contributed by atoms with van der Waals surface area (Å²) in [6, 6.07) is 14.9. The summed E-state index contributed by atoms with van der Waals surface area (Å²) in [7, 11) is 1.53. The molecular formula is C28H30N4O4S. The Morgan fingerprint density at radius 3 is 2.65 bits per heavy atom. The minimum atomic E-state index is -0.547. The maximum absolute atomic E-state index is 12.6. The number of benzene rings is 2. The maximum Gasteiger partial charge on any atom is 0.268 e. The van der Waals surface area contributed by atoms with Crippen LogP contribution in [0.15, 0.2) is 60.7 Å². The molecule has 37 heavy (non-hydrogen) atoms. The first-order valence-electron chi connectivity index (χ1n) is 12.0. The molecule has 192 valence electrons. The van der Waals surface area contributed by atoms with Crippen molar-refractivity contribution in [2.45, 2.75) is 32.6 Å². The van der Waals surface area contributed by atoms with E-state index in [9.17, 15) is 10.1 Å². The fourth-order valence-electron chi connectivity index (χ4n) is 3.38. The van der Waals surface area contributed by atoms with E-state index >= 15 is 0 Å². The summed E-state index contributed by atoms with van der Waals surface area (Å²) in [5, 5.41) is 21.5. The third-order valence-corrected chi connectivity index (χ3v) is 6.13. The van der Waals surface area contributed by atoms with Crippen molar-refractivity contribution in [1.82, 2.24) is 10.2 Å². The molecule has 0 aliphatic carbocycles. The van der Waals surface area contributed by atoms with Crippen LogP contribution in [-0.2, 0) is 17.6 Å². The van der Waals surface area contributed by atoms with Crippen LogP contribution in [0.25, 0.3) is 6.08 Å². The average molecular weight is 519 g/mol. The first-order chi connectivity index (χ1) is 18.1. The molecule has 1 N–H and O–H groups in total. The molecule has 0 unspecified atom stereocenters. The summed E-state index contributed by atoms with van der Waals surface area (Å²) < 4.78 is 17.2. The number of anilines is 1. The molecule has 0 aliphatic rings. The number of allylic oxidation sites excluding steroid dienone is 1. The van der Waals surface area contributed by atoms with Crippen LogP contribution in [0, 0.1) is 11.3 Å². The van der Waals surface area contributed by atoms with Crippen molar-refractivity contribution < 1.29 is 19.0 Å². The molecule has 0 atom stereocenters. The number of nitrogens with one attached hydrogen (secondary N) is 1. The highest BCUT2D eigenvalue weighted by Gasteiger charge is 2.14. The number of hydrogen-bond acceptors (Lipinski definition) is 8. The number of rotatable bonds is 14. The number of aromatic nitrogens is 2. The number of aryl methyl sites for hydroxylation is 1. The number of carbonyl (C=O) groups is 1. The summed E-state index contributed by atoms with van der Waals surface area (Å²) >= 11 is 1.31. The maximum atomic E-state index is 12.6. The highest BCUT2D eigenvalue weighted by molar-refractivity contribution is 7.15. The Bertz CT molecular complexity index is 1280. The van der Waals surface area contributed by atoms with E-state index in [1.54, 1.807) is 18.2 Å². The minimum Gasteiger partial charge on any atom is -0.493 e. The fraction of sp³-hybridized carbons (Fsp3) is 0.286. The van der Waals surface area contributed by atoms with Gasteiger partial charge >= 0.3 is 0 Å². The smallest absolute Gasteiger partial charge is 0.268 e. The van der Waals surface area contributed by atoms with Crippen LogP contribution < -0.4 is 19.5 Å². The minimum absolute atomic E-state index is 0.0624. The van der Waals surface area contributed by atoms with E-state index in [0.717, 1.165) is 42.0 Å². The molecule has 0 fully saturated rings. The van der Waals surface area contributed by atoms with E-state index in [0.29, 0.717) is 35.4 Å². The number of unbranched alkanes of at least 4 members (excludes halogenated alkanes) is 1. The second-order valence-corrected chi connectivity index (χ2v) is 9.00. The molecule has 2 aromatic carbocycles. The van der Waals surface area contributed by atoms with Crippen LogP contribution in [0.3, 0.4) is 0 Å². The molecule has 3 rings (SSSR count). The van der Waals surface area contributed by atoms with E-state index in [4.69, 9.17) is 14.2 Å². The van der Waals surface area contributed by atoms with Gasteiger partial charge in [0.15, 0.2) is 11.5 Å². The van der Waals surface area contributed by atoms with Crippen molar-refractivity contribution in [3.63, 3.8) is 0 Å². The van der Waals surface area contributed by atoms with E-state index in [2.05, 4.69) is 29.0 Å². The summed E-state index contributed by atoms with van der Waals surface area (Å²) in [5.41, 5.74) is 1.62. The quantitative estimate of drug-likeness (QED) is 0.128. The van der Waals surface area contributed by atoms with Crippen molar-refractivity contribution >= 4 is 28.5 Å². The van der Waals surface area contributed by atoms with Gasteiger partial charge < -0.3 is 14.2 Å². The number of amides is 1. The van der Waals surface area contributed by atoms with Crippen LogP contribution in [0.2, 0.25) is 0 Å². The number of hydrogen-bond donors (Lipinski definition) is 1. The van der Waals surface area contributed by atoms with Crippen LogP contribution in [0.1, 0.15) is 35.9 Å². The zero-order chi connectivity index (χ0) is 26.5. The van der Waals surface area contributed by atoms with Crippen molar-refractivity contribution in [1.29, 1.82) is 5.26 Å². The Hall–Kier alpha value is -4.16. The SMILES string of the molecule is C=CCc1ccccc1OCCOc1ccc(/C=C(/C#N)C(=O)Nc2nnc(CCCC)s2)cc1OC. The van der Waals surface area contributed by atoms with Crippen LogP contribution in [-0.4, -0.2) is 36.4 Å². The fourth-order valence-corrected chi connectivity index (χ4v) is 4.15. The number of carbonyl (C=O) groups excluding carboxylic acids is 1. The van der Waals surface area contributed by atoms with Crippen molar-refractivity contribution in [2.75, 3.05) is 25.6 Å². The van der Waals surface area contributed by atoms with Gasteiger partial charge in [-0.2, -0.15) is 5.26 Å². The molecule has 1 aromatic heterocycles. The Balaban J connectivity index is 1.60. The second-order valence-electron chi connectivity index (χ2n) is 7.94. The molecule has 1 amide bonds. The van der Waals surface area contributed by atoms with Crippen LogP contribution in [0.4, 0.5) is 5.13 Å². The number of methoxy groups -OCH3 is 1. The van der Waals surface area contributed by atoms with Gasteiger partial charge in [0, 0.05) is 6.42 Å². The van der Waals surface area contributed by atoms with E-state index in [-0.39, 0.29) is 5.57 Å². The van der Waals surface area contributed by atoms with Gasteiger partial charge in [-0.3, -0.25) is 10.1 Å². The normalized spacial score (nSPS) is 10.9. The lowest BCUT2D eigenvalue weighted by Crippen LogP contribution is -2.13. The highest BCUT2D eigenvalue weighted by atomic mass is 32.1. The number of nitriles is 1. The lowest BCUT2D eigenvalue weighted by atomic mass is 10.1. The van der Waals surface area contributed by atoms with Gasteiger partial charge in [-0.05, 0) is 48.2 Å². The van der Waals surface area contributed by atoms with Crippen molar-refractivity contribution in [3.05, 3.63) is 76.8 Å². The Morgan fingerprint density at radius 2 is 1.92 bits per heavy atom. The number of nitrogens with zero attached hydrogens (tertiary/aromatic N) is 3. The zero-order valence-electron chi connectivity index (χ0n) is 21.0. The summed E-state index contributed by atoms with van der Waals surface area (Å²) in [6.45, 7) is 6.53. The van der Waals surface area contributed by atoms with Gasteiger partial charge in [0.1, 0.15) is 35.6 Å². The molecule has 0 aliphatic heterocycles. The summed E-state index contributed by atoms with van der Waals surface area (Å²) in [5.74, 6) is 1.25. The van der Waals surface area contributed by atoms with Gasteiger partial charge in [-0.1, -0.05) is 55.0 Å². The largest absolute Gasteiger partial charge is 0.493 e. The molecule has 8 nitrogen and oxygen atoms in total. The molecule has 1 heterocycles. The second kappa shape index (κ2) is 14.4. The first kappa shape index (κ1) is 27.4. The predicted molar refractivity (Wildman–Crippen MR) is 145 cm³/mol. The van der Waals surface area contributed by atoms with Crippen LogP contribution in [0.5, 0.6) is 17.2 Å². The highest BCUT2D eigenvalue weighted by Crippen LogP contribution is 2.29. The summed E-state index contributed by atoms with van der Waals surface area (Å²) in [6.07, 6.45) is 6.91. The number of para-hydroxylation sites is 1. The molecule has 0 saturated carbocycles. The third kappa shape index (κ3) is 8.19. The van der Waals surface area contributed by atoms with Gasteiger partial charge in [-0.25, -0.2) is 0 Å². The van der Waals surface area contributed by atoms with Crippen molar-refractivity contribution in [3.8, 4) is 23.3 Å². The van der Waals surface area contributed by atoms with Crippen LogP contribution >= 0.6 is 11.3 Å². The zero-order valence-corrected chi connectivity index (χ0v) is 21.8. The summed E-state index contributed by atoms with van der Waals surface area (Å²) in [4.78, 5) is 12.6. The molecule has 0 saturated heterocycles. The van der Waals surface area contributed by atoms with E-state index < -0.39 is 5.91 Å². The standard InChI is InChI=1S/C28H30N4O4S/c1-4-6-12-26-31-32-28(37-26)30-27(33)22(19-29)17-20-13-14-24(25(18-20)34-3)36-16-15-35-23-11-8-7-10-21(23)9-5-2/h5,7-8,10-11,13-14,17-18H,2,4,6,9,12,15-16H2,1,3H3,(H,30,32,33)/b22-17-. The molecular weight excluding hydrogens is 488 g/mol. The monoisotopic (exact) mass is 518 g/mol. The number of ether oxygens (including phenoxy) is 3. The van der Waals surface area contributed by atoms with E-state index in [1.807, 2.05) is 36.4 Å². The lowest BCUT2D eigenvalue weighted by molar-refractivity contribution is -0.112. The van der Waals surface area contributed by atoms with Gasteiger partial charge in [-0.15, -0.1) is 16.8 Å². The Kier molecular flexibility index (Phi) is 10.7. The molecule has 0 radical (unpaired) electrons. The lowest BCUT2D eigenvalue weighted by Gasteiger charge is -2.13. The van der Waals surface area contributed by atoms with Gasteiger partial charge in [0.05, 0.1) is 7.11 Å². The van der Waals surface area contributed by atoms with Crippen molar-refractivity contribution in [2.24, 2.45) is 0 Å². The molecule has 9 heteroatoms. The molecule has 0 spiro atoms.